The first-order chi connectivity index (χ1) is 12.2. The van der Waals surface area contributed by atoms with Gasteiger partial charge in [-0.25, -0.2) is 4.98 Å². The van der Waals surface area contributed by atoms with Crippen LogP contribution in [0, 0.1) is 0 Å². The number of furan rings is 1. The molecule has 0 spiro atoms. The van der Waals surface area contributed by atoms with E-state index in [-0.39, 0.29) is 5.91 Å². The first kappa shape index (κ1) is 15.8. The Bertz CT molecular complexity index is 867. The normalized spacial score (nSPS) is 14.8. The highest BCUT2D eigenvalue weighted by Crippen LogP contribution is 2.22. The van der Waals surface area contributed by atoms with Crippen LogP contribution in [0.25, 0.3) is 5.69 Å². The minimum Gasteiger partial charge on any atom is -0.459 e. The Balaban J connectivity index is 1.49. The highest BCUT2D eigenvalue weighted by molar-refractivity contribution is 6.30. The predicted molar refractivity (Wildman–Crippen MR) is 95.4 cm³/mol. The van der Waals surface area contributed by atoms with Crippen LogP contribution in [-0.2, 0) is 0 Å². The number of carbonyl (C=O) groups excluding carboxylic acids is 1. The first-order valence-electron chi connectivity index (χ1n) is 8.09. The molecule has 0 bridgehead atoms. The second-order valence-electron chi connectivity index (χ2n) is 5.83. The number of hydrogen-bond acceptors (Lipinski definition) is 4. The van der Waals surface area contributed by atoms with Crippen LogP contribution < -0.4 is 4.90 Å². The second kappa shape index (κ2) is 6.64. The summed E-state index contributed by atoms with van der Waals surface area (Å²) in [6, 6.07) is 11.1. The second-order valence-corrected chi connectivity index (χ2v) is 6.27. The van der Waals surface area contributed by atoms with Crippen LogP contribution in [-0.4, -0.2) is 46.5 Å². The fourth-order valence-electron chi connectivity index (χ4n) is 3.02. The molecular formula is C18H17ClN4O2. The van der Waals surface area contributed by atoms with Crippen molar-refractivity contribution in [3.63, 3.8) is 0 Å². The van der Waals surface area contributed by atoms with Crippen LogP contribution in [0.15, 0.2) is 59.5 Å². The number of nitrogens with zero attached hydrogens (tertiary/aromatic N) is 4. The Kier molecular flexibility index (Phi) is 4.19. The molecule has 25 heavy (non-hydrogen) atoms. The van der Waals surface area contributed by atoms with E-state index in [9.17, 15) is 4.79 Å². The van der Waals surface area contributed by atoms with Crippen molar-refractivity contribution >= 4 is 23.5 Å². The summed E-state index contributed by atoms with van der Waals surface area (Å²) in [6.07, 6.45) is 5.21. The number of rotatable bonds is 3. The first-order valence-corrected chi connectivity index (χ1v) is 8.47. The molecule has 1 aliphatic heterocycles. The summed E-state index contributed by atoms with van der Waals surface area (Å²) < 4.78 is 7.21. The third-order valence-corrected chi connectivity index (χ3v) is 4.52. The fourth-order valence-corrected chi connectivity index (χ4v) is 3.21. The third-order valence-electron chi connectivity index (χ3n) is 4.29. The summed E-state index contributed by atoms with van der Waals surface area (Å²) in [6.45, 7) is 2.68. The SMILES string of the molecule is O=C(c1ccco1)N1CCN(c2nccn2-c2cccc(Cl)c2)CC1. The summed E-state index contributed by atoms with van der Waals surface area (Å²) in [5, 5.41) is 0.686. The molecule has 1 aromatic carbocycles. The van der Waals surface area contributed by atoms with Crippen molar-refractivity contribution in [1.82, 2.24) is 14.5 Å². The van der Waals surface area contributed by atoms with Gasteiger partial charge in [-0.1, -0.05) is 17.7 Å². The molecule has 0 radical (unpaired) electrons. The van der Waals surface area contributed by atoms with Crippen molar-refractivity contribution in [3.8, 4) is 5.69 Å². The molecule has 4 rings (SSSR count). The maximum absolute atomic E-state index is 12.4. The molecule has 3 heterocycles. The van der Waals surface area contributed by atoms with Crippen molar-refractivity contribution in [1.29, 1.82) is 0 Å². The van der Waals surface area contributed by atoms with E-state index in [4.69, 9.17) is 16.0 Å². The lowest BCUT2D eigenvalue weighted by Gasteiger charge is -2.35. The minimum absolute atomic E-state index is 0.0668. The van der Waals surface area contributed by atoms with Crippen LogP contribution in [0.5, 0.6) is 0 Å². The molecule has 1 amide bonds. The number of benzene rings is 1. The Labute approximate surface area is 150 Å². The molecule has 2 aromatic heterocycles. The monoisotopic (exact) mass is 356 g/mol. The number of hydrogen-bond donors (Lipinski definition) is 0. The molecule has 1 saturated heterocycles. The van der Waals surface area contributed by atoms with Crippen molar-refractivity contribution in [2.24, 2.45) is 0 Å². The molecule has 3 aromatic rings. The zero-order valence-corrected chi connectivity index (χ0v) is 14.3. The average Bonchev–Trinajstić information content (AvgIpc) is 3.33. The maximum Gasteiger partial charge on any atom is 0.289 e. The Morgan fingerprint density at radius 1 is 1.12 bits per heavy atom. The van der Waals surface area contributed by atoms with Crippen LogP contribution in [0.3, 0.4) is 0 Å². The van der Waals surface area contributed by atoms with Crippen LogP contribution in [0.2, 0.25) is 5.02 Å². The van der Waals surface area contributed by atoms with Gasteiger partial charge in [0.15, 0.2) is 5.76 Å². The van der Waals surface area contributed by atoms with Gasteiger partial charge < -0.3 is 14.2 Å². The van der Waals surface area contributed by atoms with Crippen LogP contribution in [0.4, 0.5) is 5.95 Å². The van der Waals surface area contributed by atoms with Gasteiger partial charge in [-0.15, -0.1) is 0 Å². The van der Waals surface area contributed by atoms with Crippen LogP contribution >= 0.6 is 11.6 Å². The summed E-state index contributed by atoms with van der Waals surface area (Å²) >= 11 is 6.10. The Morgan fingerprint density at radius 2 is 1.96 bits per heavy atom. The van der Waals surface area contributed by atoms with E-state index in [0.717, 1.165) is 11.6 Å². The van der Waals surface area contributed by atoms with Crippen molar-refractivity contribution < 1.29 is 9.21 Å². The molecular weight excluding hydrogens is 340 g/mol. The Morgan fingerprint density at radius 3 is 2.68 bits per heavy atom. The molecule has 0 N–H and O–H groups in total. The molecule has 0 aliphatic carbocycles. The van der Waals surface area contributed by atoms with Gasteiger partial charge in [0.1, 0.15) is 0 Å². The van der Waals surface area contributed by atoms with E-state index in [1.54, 1.807) is 18.3 Å². The topological polar surface area (TPSA) is 54.5 Å². The predicted octanol–water partition coefficient (Wildman–Crippen LogP) is 3.08. The Hall–Kier alpha value is -2.73. The van der Waals surface area contributed by atoms with Gasteiger partial charge in [0.05, 0.1) is 6.26 Å². The summed E-state index contributed by atoms with van der Waals surface area (Å²) in [5.74, 6) is 1.17. The highest BCUT2D eigenvalue weighted by atomic mass is 35.5. The molecule has 1 fully saturated rings. The smallest absolute Gasteiger partial charge is 0.289 e. The summed E-state index contributed by atoms with van der Waals surface area (Å²) in [7, 11) is 0. The summed E-state index contributed by atoms with van der Waals surface area (Å²) in [4.78, 5) is 20.8. The number of imidazole rings is 1. The van der Waals surface area contributed by atoms with E-state index in [0.29, 0.717) is 37.0 Å². The van der Waals surface area contributed by atoms with Crippen molar-refractivity contribution in [2.45, 2.75) is 0 Å². The lowest BCUT2D eigenvalue weighted by molar-refractivity contribution is 0.0714. The number of piperazine rings is 1. The largest absolute Gasteiger partial charge is 0.459 e. The van der Waals surface area contributed by atoms with E-state index < -0.39 is 0 Å². The zero-order valence-electron chi connectivity index (χ0n) is 13.5. The third kappa shape index (κ3) is 3.13. The highest BCUT2D eigenvalue weighted by Gasteiger charge is 2.25. The molecule has 1 aliphatic rings. The molecule has 0 saturated carbocycles. The van der Waals surface area contributed by atoms with Gasteiger partial charge in [0.2, 0.25) is 5.95 Å². The van der Waals surface area contributed by atoms with Gasteiger partial charge in [0.25, 0.3) is 5.91 Å². The van der Waals surface area contributed by atoms with E-state index in [1.807, 2.05) is 39.9 Å². The number of carbonyl (C=O) groups is 1. The number of amides is 1. The fraction of sp³-hybridized carbons (Fsp3) is 0.222. The zero-order chi connectivity index (χ0) is 17.2. The summed E-state index contributed by atoms with van der Waals surface area (Å²) in [5.41, 5.74) is 0.967. The van der Waals surface area contributed by atoms with Crippen molar-refractivity contribution in [3.05, 3.63) is 65.8 Å². The minimum atomic E-state index is -0.0668. The van der Waals surface area contributed by atoms with Crippen molar-refractivity contribution in [2.75, 3.05) is 31.1 Å². The molecule has 6 nitrogen and oxygen atoms in total. The molecule has 0 atom stereocenters. The average molecular weight is 357 g/mol. The van der Waals surface area contributed by atoms with Gasteiger partial charge in [-0.2, -0.15) is 0 Å². The van der Waals surface area contributed by atoms with Crippen LogP contribution in [0.1, 0.15) is 10.6 Å². The number of anilines is 1. The van der Waals surface area contributed by atoms with Gasteiger partial charge in [0, 0.05) is 49.3 Å². The standard InChI is InChI=1S/C18H17ClN4O2/c19-14-3-1-4-15(13-14)23-7-6-20-18(23)22-10-8-21(9-11-22)17(24)16-5-2-12-25-16/h1-7,12-13H,8-11H2. The van der Waals surface area contributed by atoms with Gasteiger partial charge in [-0.3, -0.25) is 9.36 Å². The number of halogens is 1. The molecule has 128 valence electrons. The van der Waals surface area contributed by atoms with Gasteiger partial charge >= 0.3 is 0 Å². The maximum atomic E-state index is 12.4. The molecule has 0 unspecified atom stereocenters. The van der Waals surface area contributed by atoms with E-state index >= 15 is 0 Å². The van der Waals surface area contributed by atoms with Gasteiger partial charge in [-0.05, 0) is 30.3 Å². The van der Waals surface area contributed by atoms with E-state index in [1.165, 1.54) is 6.26 Å². The lowest BCUT2D eigenvalue weighted by atomic mass is 10.3. The number of aromatic nitrogens is 2. The lowest BCUT2D eigenvalue weighted by Crippen LogP contribution is -2.49. The van der Waals surface area contributed by atoms with E-state index in [2.05, 4.69) is 9.88 Å². The molecule has 7 heteroatoms. The quantitative estimate of drug-likeness (QED) is 0.723.